The quantitative estimate of drug-likeness (QED) is 0.695. The Hall–Kier alpha value is -2.04. The number of rotatable bonds is 1. The highest BCUT2D eigenvalue weighted by atomic mass is 19.1. The fraction of sp³-hybridized carbons (Fsp3) is 0. The standard InChI is InChI=1S/C9H6FN3O/c1-11-9(14)7-4-13-8-6(7)2-5(10)3-12-8/h2-4H,1H2,(H,12,13). The molecule has 0 saturated carbocycles. The lowest BCUT2D eigenvalue weighted by atomic mass is 10.2. The SMILES string of the molecule is C=NC(=O)c1c[nH]c2ncc(F)cc12. The Bertz CT molecular complexity index is 518. The van der Waals surface area contributed by atoms with Gasteiger partial charge in [0.1, 0.15) is 11.5 Å². The van der Waals surface area contributed by atoms with E-state index in [1.807, 2.05) is 0 Å². The second-order valence-electron chi connectivity index (χ2n) is 2.72. The summed E-state index contributed by atoms with van der Waals surface area (Å²) in [4.78, 5) is 21.0. The number of pyridine rings is 1. The predicted octanol–water partition coefficient (Wildman–Crippen LogP) is 1.54. The third-order valence-corrected chi connectivity index (χ3v) is 1.87. The molecule has 0 bridgehead atoms. The summed E-state index contributed by atoms with van der Waals surface area (Å²) < 4.78 is 12.8. The van der Waals surface area contributed by atoms with E-state index < -0.39 is 11.7 Å². The Morgan fingerprint density at radius 3 is 3.14 bits per heavy atom. The van der Waals surface area contributed by atoms with E-state index in [-0.39, 0.29) is 5.56 Å². The van der Waals surface area contributed by atoms with Gasteiger partial charge in [0.25, 0.3) is 5.91 Å². The van der Waals surface area contributed by atoms with Crippen molar-refractivity contribution in [3.05, 3.63) is 29.8 Å². The smallest absolute Gasteiger partial charge is 0.278 e. The molecule has 0 atom stereocenters. The van der Waals surface area contributed by atoms with E-state index in [4.69, 9.17) is 0 Å². The molecule has 0 fully saturated rings. The summed E-state index contributed by atoms with van der Waals surface area (Å²) in [6.45, 7) is 3.12. The summed E-state index contributed by atoms with van der Waals surface area (Å²) in [6, 6.07) is 1.23. The molecule has 2 aromatic rings. The lowest BCUT2D eigenvalue weighted by molar-refractivity contribution is 0.101. The summed E-state index contributed by atoms with van der Waals surface area (Å²) in [5, 5.41) is 0.419. The van der Waals surface area contributed by atoms with Gasteiger partial charge in [-0.3, -0.25) is 4.79 Å². The lowest BCUT2D eigenvalue weighted by Gasteiger charge is -1.92. The Kier molecular flexibility index (Phi) is 1.85. The molecule has 0 aliphatic carbocycles. The molecule has 5 heteroatoms. The van der Waals surface area contributed by atoms with Crippen molar-refractivity contribution in [1.29, 1.82) is 0 Å². The predicted molar refractivity (Wildman–Crippen MR) is 49.9 cm³/mol. The van der Waals surface area contributed by atoms with Crippen LogP contribution in [0.3, 0.4) is 0 Å². The molecule has 70 valence electrons. The minimum absolute atomic E-state index is 0.280. The van der Waals surface area contributed by atoms with E-state index in [0.29, 0.717) is 11.0 Å². The van der Waals surface area contributed by atoms with E-state index in [9.17, 15) is 9.18 Å². The second kappa shape index (κ2) is 3.02. The highest BCUT2D eigenvalue weighted by Gasteiger charge is 2.11. The fourth-order valence-corrected chi connectivity index (χ4v) is 1.24. The van der Waals surface area contributed by atoms with Gasteiger partial charge in [-0.25, -0.2) is 14.4 Å². The number of aromatic amines is 1. The van der Waals surface area contributed by atoms with Crippen LogP contribution in [0.4, 0.5) is 4.39 Å². The molecule has 2 heterocycles. The van der Waals surface area contributed by atoms with Crippen molar-refractivity contribution in [3.8, 4) is 0 Å². The van der Waals surface area contributed by atoms with Crippen molar-refractivity contribution in [3.63, 3.8) is 0 Å². The van der Waals surface area contributed by atoms with E-state index >= 15 is 0 Å². The molecule has 0 aliphatic rings. The van der Waals surface area contributed by atoms with Gasteiger partial charge in [-0.2, -0.15) is 0 Å². The molecule has 0 spiro atoms. The van der Waals surface area contributed by atoms with Crippen LogP contribution in [0.15, 0.2) is 23.5 Å². The lowest BCUT2D eigenvalue weighted by Crippen LogP contribution is -1.92. The second-order valence-corrected chi connectivity index (χ2v) is 2.72. The molecular weight excluding hydrogens is 185 g/mol. The van der Waals surface area contributed by atoms with Gasteiger partial charge in [0.2, 0.25) is 0 Å². The van der Waals surface area contributed by atoms with Gasteiger partial charge in [0.05, 0.1) is 11.8 Å². The van der Waals surface area contributed by atoms with E-state index in [0.717, 1.165) is 6.20 Å². The molecular formula is C9H6FN3O. The van der Waals surface area contributed by atoms with Crippen LogP contribution in [-0.4, -0.2) is 22.6 Å². The zero-order valence-electron chi connectivity index (χ0n) is 7.12. The fourth-order valence-electron chi connectivity index (χ4n) is 1.24. The van der Waals surface area contributed by atoms with Crippen molar-refractivity contribution in [1.82, 2.24) is 9.97 Å². The van der Waals surface area contributed by atoms with Crippen LogP contribution in [0.2, 0.25) is 0 Å². The first-order valence-electron chi connectivity index (χ1n) is 3.86. The molecule has 2 aromatic heterocycles. The van der Waals surface area contributed by atoms with Crippen molar-refractivity contribution >= 4 is 23.7 Å². The summed E-state index contributed by atoms with van der Waals surface area (Å²) in [6.07, 6.45) is 2.52. The first-order chi connectivity index (χ1) is 6.72. The zero-order valence-corrected chi connectivity index (χ0v) is 7.12. The molecule has 2 rings (SSSR count). The number of halogens is 1. The summed E-state index contributed by atoms with van der Waals surface area (Å²) in [5.74, 6) is -0.987. The minimum atomic E-state index is -0.497. The summed E-state index contributed by atoms with van der Waals surface area (Å²) in [5.41, 5.74) is 0.736. The number of hydrogen-bond donors (Lipinski definition) is 1. The molecule has 0 unspecified atom stereocenters. The number of fused-ring (bicyclic) bond motifs is 1. The Morgan fingerprint density at radius 1 is 1.64 bits per heavy atom. The van der Waals surface area contributed by atoms with Crippen molar-refractivity contribution in [2.45, 2.75) is 0 Å². The minimum Gasteiger partial charge on any atom is -0.345 e. The van der Waals surface area contributed by atoms with E-state index in [2.05, 4.69) is 21.7 Å². The number of nitrogens with zero attached hydrogens (tertiary/aromatic N) is 2. The maximum absolute atomic E-state index is 12.8. The average molecular weight is 191 g/mol. The van der Waals surface area contributed by atoms with Gasteiger partial charge in [-0.05, 0) is 12.8 Å². The van der Waals surface area contributed by atoms with Crippen LogP contribution in [0, 0.1) is 5.82 Å². The highest BCUT2D eigenvalue weighted by Crippen LogP contribution is 2.17. The number of carbonyl (C=O) groups is 1. The third kappa shape index (κ3) is 1.19. The average Bonchev–Trinajstić information content (AvgIpc) is 2.59. The van der Waals surface area contributed by atoms with Gasteiger partial charge in [0, 0.05) is 11.6 Å². The van der Waals surface area contributed by atoms with Crippen LogP contribution in [0.5, 0.6) is 0 Å². The monoisotopic (exact) mass is 191 g/mol. The number of H-pyrrole nitrogens is 1. The van der Waals surface area contributed by atoms with Gasteiger partial charge >= 0.3 is 0 Å². The van der Waals surface area contributed by atoms with Crippen molar-refractivity contribution in [2.75, 3.05) is 0 Å². The van der Waals surface area contributed by atoms with Gasteiger partial charge in [0.15, 0.2) is 0 Å². The molecule has 14 heavy (non-hydrogen) atoms. The number of aromatic nitrogens is 2. The van der Waals surface area contributed by atoms with Crippen LogP contribution in [0.1, 0.15) is 10.4 Å². The Balaban J connectivity index is 2.72. The number of carbonyl (C=O) groups excluding carboxylic acids is 1. The molecule has 0 radical (unpaired) electrons. The van der Waals surface area contributed by atoms with Crippen molar-refractivity contribution in [2.24, 2.45) is 4.99 Å². The van der Waals surface area contributed by atoms with Crippen LogP contribution >= 0.6 is 0 Å². The molecule has 0 aromatic carbocycles. The van der Waals surface area contributed by atoms with Gasteiger partial charge in [-0.15, -0.1) is 0 Å². The topological polar surface area (TPSA) is 58.1 Å². The zero-order chi connectivity index (χ0) is 10.1. The number of hydrogen-bond acceptors (Lipinski definition) is 2. The van der Waals surface area contributed by atoms with Gasteiger partial charge < -0.3 is 4.98 Å². The Labute approximate surface area is 78.5 Å². The maximum Gasteiger partial charge on any atom is 0.278 e. The summed E-state index contributed by atoms with van der Waals surface area (Å²) in [7, 11) is 0. The van der Waals surface area contributed by atoms with Crippen LogP contribution < -0.4 is 0 Å². The first kappa shape index (κ1) is 8.55. The number of aliphatic imine (C=N–C) groups is 1. The van der Waals surface area contributed by atoms with Crippen LogP contribution in [-0.2, 0) is 0 Å². The molecule has 1 N–H and O–H groups in total. The van der Waals surface area contributed by atoms with E-state index in [1.165, 1.54) is 12.3 Å². The Morgan fingerprint density at radius 2 is 2.43 bits per heavy atom. The highest BCUT2D eigenvalue weighted by molar-refractivity contribution is 6.07. The third-order valence-electron chi connectivity index (χ3n) is 1.87. The normalized spacial score (nSPS) is 10.4. The molecule has 0 aliphatic heterocycles. The van der Waals surface area contributed by atoms with E-state index in [1.54, 1.807) is 0 Å². The number of nitrogens with one attached hydrogen (secondary N) is 1. The molecule has 4 nitrogen and oxygen atoms in total. The molecule has 1 amide bonds. The molecule has 0 saturated heterocycles. The van der Waals surface area contributed by atoms with Crippen molar-refractivity contribution < 1.29 is 9.18 Å². The largest absolute Gasteiger partial charge is 0.345 e. The van der Waals surface area contributed by atoms with Crippen LogP contribution in [0.25, 0.3) is 11.0 Å². The van der Waals surface area contributed by atoms with Gasteiger partial charge in [-0.1, -0.05) is 0 Å². The number of amides is 1. The first-order valence-corrected chi connectivity index (χ1v) is 3.86. The maximum atomic E-state index is 12.8. The summed E-state index contributed by atoms with van der Waals surface area (Å²) >= 11 is 0.